The average Bonchev–Trinajstić information content (AvgIpc) is 2.61. The Morgan fingerprint density at radius 1 is 1.32 bits per heavy atom. The average molecular weight is 408 g/mol. The van der Waals surface area contributed by atoms with Gasteiger partial charge in [-0.05, 0) is 47.3 Å². The number of nitrogens with zero attached hydrogens (tertiary/aromatic N) is 3. The fraction of sp³-hybridized carbons (Fsp3) is 0.556. The van der Waals surface area contributed by atoms with Gasteiger partial charge in [0.1, 0.15) is 17.9 Å². The van der Waals surface area contributed by atoms with E-state index >= 15 is 0 Å². The zero-order valence-corrected chi connectivity index (χ0v) is 15.8. The number of halogens is 1. The van der Waals surface area contributed by atoms with E-state index < -0.39 is 0 Å². The number of aliphatic hydroxyl groups excluding tert-OH is 1. The van der Waals surface area contributed by atoms with Gasteiger partial charge in [-0.25, -0.2) is 9.97 Å². The minimum atomic E-state index is -0.234. The fourth-order valence-corrected chi connectivity index (χ4v) is 4.42. The van der Waals surface area contributed by atoms with Crippen molar-refractivity contribution < 1.29 is 14.6 Å². The lowest BCUT2D eigenvalue weighted by molar-refractivity contribution is -0.128. The van der Waals surface area contributed by atoms with Crippen LogP contribution in [0, 0.1) is 0 Å². The predicted octanol–water partition coefficient (Wildman–Crippen LogP) is 2.91. The summed E-state index contributed by atoms with van der Waals surface area (Å²) in [6, 6.07) is 3.95. The summed E-state index contributed by atoms with van der Waals surface area (Å²) in [6.07, 6.45) is 4.68. The van der Waals surface area contributed by atoms with Crippen LogP contribution in [0.1, 0.15) is 25.7 Å². The summed E-state index contributed by atoms with van der Waals surface area (Å²) in [4.78, 5) is 11.2. The highest BCUT2D eigenvalue weighted by Gasteiger charge is 2.40. The number of rotatable bonds is 2. The van der Waals surface area contributed by atoms with Crippen LogP contribution in [0.15, 0.2) is 22.9 Å². The van der Waals surface area contributed by atoms with Gasteiger partial charge in [-0.2, -0.15) is 0 Å². The lowest BCUT2D eigenvalue weighted by atomic mass is 9.83. The molecular formula is C18H22BrN3O3. The number of hydrogen-bond acceptors (Lipinski definition) is 6. The molecule has 2 aliphatic heterocycles. The van der Waals surface area contributed by atoms with Gasteiger partial charge < -0.3 is 19.5 Å². The van der Waals surface area contributed by atoms with E-state index in [9.17, 15) is 5.11 Å². The Bertz CT molecular complexity index is 777. The van der Waals surface area contributed by atoms with Gasteiger partial charge in [-0.15, -0.1) is 0 Å². The number of aromatic nitrogens is 2. The van der Waals surface area contributed by atoms with Crippen molar-refractivity contribution in [3.63, 3.8) is 0 Å². The molecule has 2 saturated heterocycles. The molecule has 1 aromatic carbocycles. The quantitative estimate of drug-likeness (QED) is 0.825. The van der Waals surface area contributed by atoms with Crippen LogP contribution >= 0.6 is 15.9 Å². The number of aliphatic hydroxyl groups is 1. The monoisotopic (exact) mass is 407 g/mol. The van der Waals surface area contributed by atoms with Gasteiger partial charge >= 0.3 is 0 Å². The molecule has 1 atom stereocenters. The van der Waals surface area contributed by atoms with Gasteiger partial charge in [0.05, 0.1) is 28.8 Å². The molecule has 0 radical (unpaired) electrons. The van der Waals surface area contributed by atoms with E-state index in [4.69, 9.17) is 9.47 Å². The van der Waals surface area contributed by atoms with Gasteiger partial charge in [0.25, 0.3) is 0 Å². The van der Waals surface area contributed by atoms with Crippen LogP contribution < -0.4 is 9.64 Å². The van der Waals surface area contributed by atoms with Crippen LogP contribution in [0.4, 0.5) is 5.82 Å². The SMILES string of the molecule is COc1cc2c(N3CCC4(CC3)CC(O)CCO4)ncnc2cc1Br. The highest BCUT2D eigenvalue weighted by molar-refractivity contribution is 9.10. The van der Waals surface area contributed by atoms with Gasteiger partial charge in [0, 0.05) is 31.5 Å². The van der Waals surface area contributed by atoms with Crippen molar-refractivity contribution in [1.82, 2.24) is 9.97 Å². The molecule has 134 valence electrons. The molecule has 4 rings (SSSR count). The molecule has 1 unspecified atom stereocenters. The Balaban J connectivity index is 1.61. The molecule has 1 aromatic heterocycles. The van der Waals surface area contributed by atoms with Crippen LogP contribution in [0.25, 0.3) is 10.9 Å². The van der Waals surface area contributed by atoms with Gasteiger partial charge in [-0.3, -0.25) is 0 Å². The van der Waals surface area contributed by atoms with Crippen molar-refractivity contribution in [1.29, 1.82) is 0 Å². The molecule has 1 spiro atoms. The topological polar surface area (TPSA) is 67.7 Å². The van der Waals surface area contributed by atoms with E-state index in [1.54, 1.807) is 13.4 Å². The summed E-state index contributed by atoms with van der Waals surface area (Å²) in [7, 11) is 1.66. The first kappa shape index (κ1) is 17.0. The third-order valence-corrected chi connectivity index (χ3v) is 5.95. The molecule has 0 bridgehead atoms. The van der Waals surface area contributed by atoms with E-state index in [1.807, 2.05) is 12.1 Å². The summed E-state index contributed by atoms with van der Waals surface area (Å²) >= 11 is 3.51. The highest BCUT2D eigenvalue weighted by Crippen LogP contribution is 2.38. The number of fused-ring (bicyclic) bond motifs is 1. The van der Waals surface area contributed by atoms with Crippen molar-refractivity contribution >= 4 is 32.7 Å². The molecule has 1 N–H and O–H groups in total. The molecule has 2 fully saturated rings. The summed E-state index contributed by atoms with van der Waals surface area (Å²) in [5.74, 6) is 1.71. The molecule has 7 heteroatoms. The maximum absolute atomic E-state index is 10.0. The Morgan fingerprint density at radius 3 is 2.84 bits per heavy atom. The maximum atomic E-state index is 10.0. The normalized spacial score (nSPS) is 23.2. The first-order valence-electron chi connectivity index (χ1n) is 8.65. The zero-order chi connectivity index (χ0) is 17.4. The van der Waals surface area contributed by atoms with Gasteiger partial charge in [0.2, 0.25) is 0 Å². The van der Waals surface area contributed by atoms with Crippen molar-refractivity contribution in [2.75, 3.05) is 31.7 Å². The Labute approximate surface area is 155 Å². The lowest BCUT2D eigenvalue weighted by Crippen LogP contribution is -2.50. The summed E-state index contributed by atoms with van der Waals surface area (Å²) in [5, 5.41) is 11.0. The second kappa shape index (κ2) is 6.70. The van der Waals surface area contributed by atoms with E-state index in [2.05, 4.69) is 30.8 Å². The number of piperidine rings is 1. The number of methoxy groups -OCH3 is 1. The third-order valence-electron chi connectivity index (χ3n) is 5.33. The molecule has 25 heavy (non-hydrogen) atoms. The van der Waals surface area contributed by atoms with E-state index in [0.29, 0.717) is 6.61 Å². The number of ether oxygens (including phenoxy) is 2. The molecule has 0 amide bonds. The smallest absolute Gasteiger partial charge is 0.140 e. The largest absolute Gasteiger partial charge is 0.496 e. The van der Waals surface area contributed by atoms with Crippen LogP contribution in [-0.2, 0) is 4.74 Å². The number of benzene rings is 1. The Kier molecular flexibility index (Phi) is 4.56. The Hall–Kier alpha value is -1.44. The van der Waals surface area contributed by atoms with Crippen molar-refractivity contribution in [2.45, 2.75) is 37.4 Å². The molecular weight excluding hydrogens is 386 g/mol. The van der Waals surface area contributed by atoms with Gasteiger partial charge in [0.15, 0.2) is 0 Å². The molecule has 6 nitrogen and oxygen atoms in total. The molecule has 3 heterocycles. The summed E-state index contributed by atoms with van der Waals surface area (Å²) in [5.41, 5.74) is 0.722. The first-order chi connectivity index (χ1) is 12.1. The first-order valence-corrected chi connectivity index (χ1v) is 9.45. The van der Waals surface area contributed by atoms with Crippen molar-refractivity contribution in [3.05, 3.63) is 22.9 Å². The standard InChI is InChI=1S/C18H22BrN3O3/c1-24-16-8-13-15(9-14(16)19)20-11-21-17(13)22-5-3-18(4-6-22)10-12(23)2-7-25-18/h8-9,11-12,23H,2-7,10H2,1H3. The number of anilines is 1. The molecule has 0 saturated carbocycles. The van der Waals surface area contributed by atoms with Gasteiger partial charge in [-0.1, -0.05) is 0 Å². The van der Waals surface area contributed by atoms with Crippen LogP contribution in [-0.4, -0.2) is 53.6 Å². The minimum Gasteiger partial charge on any atom is -0.496 e. The van der Waals surface area contributed by atoms with Crippen LogP contribution in [0.2, 0.25) is 0 Å². The minimum absolute atomic E-state index is 0.169. The molecule has 2 aliphatic rings. The van der Waals surface area contributed by atoms with Crippen molar-refractivity contribution in [2.24, 2.45) is 0 Å². The zero-order valence-electron chi connectivity index (χ0n) is 14.2. The fourth-order valence-electron chi connectivity index (χ4n) is 3.93. The molecule has 2 aromatic rings. The summed E-state index contributed by atoms with van der Waals surface area (Å²) in [6.45, 7) is 2.37. The van der Waals surface area contributed by atoms with E-state index in [1.165, 1.54) is 0 Å². The molecule has 0 aliphatic carbocycles. The van der Waals surface area contributed by atoms with E-state index in [-0.39, 0.29) is 11.7 Å². The lowest BCUT2D eigenvalue weighted by Gasteiger charge is -2.45. The summed E-state index contributed by atoms with van der Waals surface area (Å²) < 4.78 is 12.4. The Morgan fingerprint density at radius 2 is 2.12 bits per heavy atom. The second-order valence-corrected chi connectivity index (χ2v) is 7.72. The van der Waals surface area contributed by atoms with Crippen LogP contribution in [0.5, 0.6) is 5.75 Å². The predicted molar refractivity (Wildman–Crippen MR) is 99.2 cm³/mol. The van der Waals surface area contributed by atoms with E-state index in [0.717, 1.165) is 65.7 Å². The third kappa shape index (κ3) is 3.20. The van der Waals surface area contributed by atoms with Crippen LogP contribution in [0.3, 0.4) is 0 Å². The highest BCUT2D eigenvalue weighted by atomic mass is 79.9. The second-order valence-electron chi connectivity index (χ2n) is 6.87. The maximum Gasteiger partial charge on any atom is 0.140 e. The van der Waals surface area contributed by atoms with Crippen molar-refractivity contribution in [3.8, 4) is 5.75 Å². The number of hydrogen-bond donors (Lipinski definition) is 1.